The molecule has 2 aliphatic heterocycles. The molecule has 4 amide bonds. The van der Waals surface area contributed by atoms with E-state index < -0.39 is 23.7 Å². The number of rotatable bonds is 2. The van der Waals surface area contributed by atoms with E-state index in [1.54, 1.807) is 0 Å². The molecule has 166 valence electrons. The number of hydrogen-bond acceptors (Lipinski definition) is 4. The Bertz CT molecular complexity index is 1180. The molecular formula is C25H26FN3O3. The third-order valence-corrected chi connectivity index (χ3v) is 6.52. The average Bonchev–Trinajstić information content (AvgIpc) is 2.71. The summed E-state index contributed by atoms with van der Waals surface area (Å²) >= 11 is 0. The van der Waals surface area contributed by atoms with Gasteiger partial charge >= 0.3 is 6.03 Å². The Balaban J connectivity index is 1.79. The number of para-hydroxylation sites is 1. The van der Waals surface area contributed by atoms with Crippen LogP contribution in [0.5, 0.6) is 0 Å². The fraction of sp³-hybridized carbons (Fsp3) is 0.320. The first-order valence-corrected chi connectivity index (χ1v) is 10.6. The number of hydrogen-bond donors (Lipinski definition) is 1. The second kappa shape index (κ2) is 7.58. The zero-order valence-electron chi connectivity index (χ0n) is 18.8. The second-order valence-corrected chi connectivity index (χ2v) is 9.15. The Kier molecular flexibility index (Phi) is 5.15. The highest BCUT2D eigenvalue weighted by molar-refractivity contribution is 6.39. The Hall–Kier alpha value is -3.48. The second-order valence-electron chi connectivity index (χ2n) is 9.15. The van der Waals surface area contributed by atoms with Gasteiger partial charge in [0.05, 0.1) is 5.69 Å². The molecule has 2 aromatic carbocycles. The summed E-state index contributed by atoms with van der Waals surface area (Å²) < 4.78 is 14.3. The average molecular weight is 435 g/mol. The molecule has 0 bridgehead atoms. The number of carbonyl (C=O) groups excluding carboxylic acids is 3. The van der Waals surface area contributed by atoms with E-state index in [0.29, 0.717) is 16.4 Å². The standard InChI is InChI=1S/C25H26FN3O3/c1-14-10-21-17(15(2)13-25(3,4)28(21)5)11-16(14)12-18-22(30)27-24(32)29(23(18)31)20-9-7-6-8-19(20)26/h6-12,15H,13H2,1-5H3,(H,27,30,32)/b18-12+. The smallest absolute Gasteiger partial charge is 0.336 e. The minimum atomic E-state index is -0.970. The molecule has 0 radical (unpaired) electrons. The van der Waals surface area contributed by atoms with Crippen LogP contribution in [0.25, 0.3) is 6.08 Å². The number of aryl methyl sites for hydroxylation is 1. The first-order valence-electron chi connectivity index (χ1n) is 10.6. The number of fused-ring (bicyclic) bond motifs is 1. The molecule has 2 aliphatic rings. The molecule has 1 saturated heterocycles. The third-order valence-electron chi connectivity index (χ3n) is 6.52. The van der Waals surface area contributed by atoms with E-state index in [2.05, 4.69) is 44.1 Å². The van der Waals surface area contributed by atoms with Crippen molar-refractivity contribution in [2.75, 3.05) is 16.8 Å². The van der Waals surface area contributed by atoms with Crippen LogP contribution in [0.15, 0.2) is 42.0 Å². The number of imide groups is 2. The third kappa shape index (κ3) is 3.47. The van der Waals surface area contributed by atoms with Crippen LogP contribution in [-0.2, 0) is 9.59 Å². The van der Waals surface area contributed by atoms with Gasteiger partial charge in [-0.25, -0.2) is 14.1 Å². The van der Waals surface area contributed by atoms with Gasteiger partial charge in [-0.2, -0.15) is 0 Å². The van der Waals surface area contributed by atoms with E-state index in [4.69, 9.17) is 0 Å². The highest BCUT2D eigenvalue weighted by atomic mass is 19.1. The molecule has 4 rings (SSSR count). The number of anilines is 2. The van der Waals surface area contributed by atoms with E-state index in [-0.39, 0.29) is 16.8 Å². The molecule has 7 heteroatoms. The minimum absolute atomic E-state index is 0.0126. The van der Waals surface area contributed by atoms with Crippen LogP contribution >= 0.6 is 0 Å². The SMILES string of the molecule is Cc1cc2c(cc1/C=C1\C(=O)NC(=O)N(c3ccccc3F)C1=O)C(C)CC(C)(C)N2C. The number of barbiturate groups is 1. The fourth-order valence-electron chi connectivity index (χ4n) is 4.55. The van der Waals surface area contributed by atoms with E-state index >= 15 is 0 Å². The van der Waals surface area contributed by atoms with Crippen LogP contribution in [0.3, 0.4) is 0 Å². The summed E-state index contributed by atoms with van der Waals surface area (Å²) in [7, 11) is 2.07. The largest absolute Gasteiger partial charge is 0.369 e. The summed E-state index contributed by atoms with van der Waals surface area (Å²) in [5, 5.41) is 2.15. The van der Waals surface area contributed by atoms with Crippen LogP contribution in [-0.4, -0.2) is 30.4 Å². The molecule has 1 N–H and O–H groups in total. The van der Waals surface area contributed by atoms with Crippen LogP contribution in [0, 0.1) is 12.7 Å². The molecule has 2 aromatic rings. The molecule has 0 spiro atoms. The van der Waals surface area contributed by atoms with Crippen LogP contribution in [0.4, 0.5) is 20.6 Å². The number of carbonyl (C=O) groups is 3. The Labute approximate surface area is 186 Å². The van der Waals surface area contributed by atoms with Crippen molar-refractivity contribution in [3.05, 3.63) is 64.5 Å². The van der Waals surface area contributed by atoms with Gasteiger partial charge < -0.3 is 4.90 Å². The van der Waals surface area contributed by atoms with Gasteiger partial charge in [0.1, 0.15) is 11.4 Å². The molecular weight excluding hydrogens is 409 g/mol. The Morgan fingerprint density at radius 3 is 2.50 bits per heavy atom. The summed E-state index contributed by atoms with van der Waals surface area (Å²) in [4.78, 5) is 40.9. The maximum Gasteiger partial charge on any atom is 0.336 e. The summed E-state index contributed by atoms with van der Waals surface area (Å²) in [6.07, 6.45) is 2.45. The monoisotopic (exact) mass is 435 g/mol. The molecule has 2 heterocycles. The van der Waals surface area contributed by atoms with Gasteiger partial charge in [0.15, 0.2) is 0 Å². The molecule has 1 unspecified atom stereocenters. The molecule has 1 fully saturated rings. The van der Waals surface area contributed by atoms with Crippen molar-refractivity contribution < 1.29 is 18.8 Å². The molecule has 6 nitrogen and oxygen atoms in total. The topological polar surface area (TPSA) is 69.7 Å². The van der Waals surface area contributed by atoms with Crippen molar-refractivity contribution in [3.63, 3.8) is 0 Å². The van der Waals surface area contributed by atoms with Crippen molar-refractivity contribution in [1.82, 2.24) is 5.32 Å². The van der Waals surface area contributed by atoms with Crippen molar-refractivity contribution >= 4 is 35.3 Å². The maximum absolute atomic E-state index is 14.3. The maximum atomic E-state index is 14.3. The lowest BCUT2D eigenvalue weighted by molar-refractivity contribution is -0.122. The molecule has 0 saturated carbocycles. The van der Waals surface area contributed by atoms with Crippen LogP contribution in [0.1, 0.15) is 49.8 Å². The first kappa shape index (κ1) is 21.7. The predicted molar refractivity (Wildman–Crippen MR) is 122 cm³/mol. The molecule has 1 atom stereocenters. The normalized spacial score (nSPS) is 21.6. The molecule has 0 aromatic heterocycles. The van der Waals surface area contributed by atoms with Gasteiger partial charge in [-0.1, -0.05) is 19.1 Å². The van der Waals surface area contributed by atoms with E-state index in [0.717, 1.165) is 29.3 Å². The summed E-state index contributed by atoms with van der Waals surface area (Å²) in [6.45, 7) is 8.49. The van der Waals surface area contributed by atoms with E-state index in [1.807, 2.05) is 13.0 Å². The van der Waals surface area contributed by atoms with E-state index in [9.17, 15) is 18.8 Å². The highest BCUT2D eigenvalue weighted by Gasteiger charge is 2.38. The van der Waals surface area contributed by atoms with Gasteiger partial charge in [0, 0.05) is 18.3 Å². The number of nitrogens with zero attached hydrogens (tertiary/aromatic N) is 2. The Morgan fingerprint density at radius 1 is 1.12 bits per heavy atom. The summed E-state index contributed by atoms with van der Waals surface area (Å²) in [5.74, 6) is -2.08. The van der Waals surface area contributed by atoms with Crippen LogP contribution in [0.2, 0.25) is 0 Å². The Morgan fingerprint density at radius 2 is 1.81 bits per heavy atom. The van der Waals surface area contributed by atoms with Crippen molar-refractivity contribution in [1.29, 1.82) is 0 Å². The lowest BCUT2D eigenvalue weighted by Gasteiger charge is -2.45. The van der Waals surface area contributed by atoms with Gasteiger partial charge in [-0.15, -0.1) is 0 Å². The zero-order valence-corrected chi connectivity index (χ0v) is 18.8. The number of urea groups is 1. The number of benzene rings is 2. The van der Waals surface area contributed by atoms with Crippen molar-refractivity contribution in [2.24, 2.45) is 0 Å². The van der Waals surface area contributed by atoms with Gasteiger partial charge in [0.2, 0.25) is 0 Å². The zero-order chi connectivity index (χ0) is 23.4. The summed E-state index contributed by atoms with van der Waals surface area (Å²) in [5.41, 5.74) is 3.46. The summed E-state index contributed by atoms with van der Waals surface area (Å²) in [6, 6.07) is 8.55. The fourth-order valence-corrected chi connectivity index (χ4v) is 4.55. The van der Waals surface area contributed by atoms with Crippen molar-refractivity contribution in [2.45, 2.75) is 45.6 Å². The highest BCUT2D eigenvalue weighted by Crippen LogP contribution is 2.43. The molecule has 32 heavy (non-hydrogen) atoms. The number of nitrogens with one attached hydrogen (secondary N) is 1. The van der Waals surface area contributed by atoms with Gasteiger partial charge in [0.25, 0.3) is 11.8 Å². The van der Waals surface area contributed by atoms with E-state index in [1.165, 1.54) is 24.3 Å². The lowest BCUT2D eigenvalue weighted by Crippen LogP contribution is -2.54. The first-order chi connectivity index (χ1) is 15.0. The predicted octanol–water partition coefficient (Wildman–Crippen LogP) is 4.52. The van der Waals surface area contributed by atoms with Gasteiger partial charge in [-0.05, 0) is 80.1 Å². The molecule has 0 aliphatic carbocycles. The van der Waals surface area contributed by atoms with Crippen LogP contribution < -0.4 is 15.1 Å². The quantitative estimate of drug-likeness (QED) is 0.556. The minimum Gasteiger partial charge on any atom is -0.369 e. The van der Waals surface area contributed by atoms with Gasteiger partial charge in [-0.3, -0.25) is 14.9 Å². The number of amides is 4. The lowest BCUT2D eigenvalue weighted by atomic mass is 9.79. The van der Waals surface area contributed by atoms with Crippen molar-refractivity contribution in [3.8, 4) is 0 Å². The number of halogens is 1.